The van der Waals surface area contributed by atoms with Gasteiger partial charge in [-0.2, -0.15) is 0 Å². The highest BCUT2D eigenvalue weighted by molar-refractivity contribution is 6.81. The van der Waals surface area contributed by atoms with Gasteiger partial charge in [0, 0.05) is 19.9 Å². The monoisotopic (exact) mass is 200 g/mol. The molecule has 2 saturated heterocycles. The molecule has 0 amide bonds. The summed E-state index contributed by atoms with van der Waals surface area (Å²) in [5, 5.41) is 0. The molecule has 1 atom stereocenters. The first kappa shape index (κ1) is 9.68. The first-order valence-corrected chi connectivity index (χ1v) is 8.18. The Morgan fingerprint density at radius 2 is 2.08 bits per heavy atom. The molecule has 2 aliphatic heterocycles. The molecule has 0 saturated carbocycles. The Bertz CT molecular complexity index is 160. The van der Waals surface area contributed by atoms with Gasteiger partial charge in [-0.1, -0.05) is 24.9 Å². The van der Waals surface area contributed by atoms with E-state index in [0.29, 0.717) is 5.73 Å². The van der Waals surface area contributed by atoms with Gasteiger partial charge in [-0.25, -0.2) is 0 Å². The van der Waals surface area contributed by atoms with Gasteiger partial charge in [-0.15, -0.1) is 0 Å². The Kier molecular flexibility index (Phi) is 3.06. The number of rotatable bonds is 3. The second-order valence-corrected chi connectivity index (χ2v) is 9.16. The number of ether oxygens (including phenoxy) is 2. The van der Waals surface area contributed by atoms with Gasteiger partial charge in [0.15, 0.2) is 0 Å². The summed E-state index contributed by atoms with van der Waals surface area (Å²) in [4.78, 5) is 0. The molecule has 0 aromatic heterocycles. The van der Waals surface area contributed by atoms with Gasteiger partial charge >= 0.3 is 0 Å². The Labute approximate surface area is 81.6 Å². The lowest BCUT2D eigenvalue weighted by Gasteiger charge is -2.31. The van der Waals surface area contributed by atoms with Crippen molar-refractivity contribution in [2.75, 3.05) is 19.9 Å². The minimum absolute atomic E-state index is 0.634. The highest BCUT2D eigenvalue weighted by Crippen LogP contribution is 2.37. The molecule has 13 heavy (non-hydrogen) atoms. The number of hydrogen-bond donors (Lipinski definition) is 0. The van der Waals surface area contributed by atoms with E-state index in [4.69, 9.17) is 9.47 Å². The average molecular weight is 200 g/mol. The van der Waals surface area contributed by atoms with Crippen LogP contribution in [0.25, 0.3) is 0 Å². The predicted molar refractivity (Wildman–Crippen MR) is 55.5 cm³/mol. The fraction of sp³-hybridized carbons (Fsp3) is 1.00. The first-order valence-electron chi connectivity index (χ1n) is 5.48. The molecule has 0 aromatic rings. The van der Waals surface area contributed by atoms with Gasteiger partial charge in [-0.05, 0) is 12.8 Å². The molecule has 0 N–H and O–H groups in total. The smallest absolute Gasteiger partial charge is 0.116 e. The molecule has 3 heteroatoms. The van der Waals surface area contributed by atoms with Crippen molar-refractivity contribution in [3.8, 4) is 0 Å². The molecule has 2 fully saturated rings. The second kappa shape index (κ2) is 4.11. The zero-order valence-electron chi connectivity index (χ0n) is 8.55. The Morgan fingerprint density at radius 1 is 1.31 bits per heavy atom. The molecular weight excluding hydrogens is 180 g/mol. The van der Waals surface area contributed by atoms with Crippen molar-refractivity contribution < 1.29 is 9.47 Å². The van der Waals surface area contributed by atoms with Gasteiger partial charge in [0.2, 0.25) is 0 Å². The third-order valence-corrected chi connectivity index (χ3v) is 9.03. The van der Waals surface area contributed by atoms with Crippen molar-refractivity contribution in [1.82, 2.24) is 0 Å². The topological polar surface area (TPSA) is 18.5 Å². The van der Waals surface area contributed by atoms with Crippen LogP contribution < -0.4 is 0 Å². The highest BCUT2D eigenvalue weighted by atomic mass is 28.3. The molecular formula is C10H20O2Si. The normalized spacial score (nSPS) is 32.5. The van der Waals surface area contributed by atoms with E-state index in [9.17, 15) is 0 Å². The fourth-order valence-corrected chi connectivity index (χ4v) is 8.13. The summed E-state index contributed by atoms with van der Waals surface area (Å²) in [7, 11) is 0.706. The van der Waals surface area contributed by atoms with E-state index in [1.165, 1.54) is 37.8 Å². The van der Waals surface area contributed by atoms with Crippen molar-refractivity contribution >= 4 is 8.07 Å². The van der Waals surface area contributed by atoms with E-state index in [1.54, 1.807) is 0 Å². The van der Waals surface area contributed by atoms with Gasteiger partial charge in [0.05, 0.1) is 5.73 Å². The third kappa shape index (κ3) is 1.83. The lowest BCUT2D eigenvalue weighted by atomic mass is 10.4. The van der Waals surface area contributed by atoms with E-state index in [0.717, 1.165) is 12.8 Å². The van der Waals surface area contributed by atoms with E-state index in [-0.39, 0.29) is 0 Å². The molecule has 0 bridgehead atoms. The van der Waals surface area contributed by atoms with E-state index in [1.807, 2.05) is 7.11 Å². The average Bonchev–Trinajstić information content (AvgIpc) is 2.73. The highest BCUT2D eigenvalue weighted by Gasteiger charge is 2.45. The molecule has 0 spiro atoms. The molecule has 0 radical (unpaired) electrons. The van der Waals surface area contributed by atoms with E-state index < -0.39 is 8.07 Å². The van der Waals surface area contributed by atoms with Crippen LogP contribution in [-0.2, 0) is 9.47 Å². The van der Waals surface area contributed by atoms with Crippen LogP contribution in [0.15, 0.2) is 0 Å². The van der Waals surface area contributed by atoms with E-state index in [2.05, 4.69) is 0 Å². The summed E-state index contributed by atoms with van der Waals surface area (Å²) in [6.07, 6.45) is 6.49. The minimum atomic E-state index is -1.14. The van der Waals surface area contributed by atoms with Crippen LogP contribution >= 0.6 is 0 Å². The fourth-order valence-electron chi connectivity index (χ4n) is 2.99. The summed E-state index contributed by atoms with van der Waals surface area (Å²) >= 11 is 0. The molecule has 2 aliphatic rings. The maximum Gasteiger partial charge on any atom is 0.116 e. The Hall–Kier alpha value is 0.137. The Morgan fingerprint density at radius 3 is 2.62 bits per heavy atom. The van der Waals surface area contributed by atoms with Crippen molar-refractivity contribution in [3.63, 3.8) is 0 Å². The van der Waals surface area contributed by atoms with Crippen molar-refractivity contribution in [2.45, 2.75) is 43.5 Å². The zero-order valence-corrected chi connectivity index (χ0v) is 9.55. The van der Waals surface area contributed by atoms with Crippen LogP contribution in [0.3, 0.4) is 0 Å². The lowest BCUT2D eigenvalue weighted by Crippen LogP contribution is -2.49. The number of methoxy groups -OCH3 is 1. The SMILES string of the molecule is COC[Si]1(C2CCCO2)CCCC1. The van der Waals surface area contributed by atoms with Crippen LogP contribution in [0.5, 0.6) is 0 Å². The lowest BCUT2D eigenvalue weighted by molar-refractivity contribution is 0.149. The molecule has 2 nitrogen and oxygen atoms in total. The molecule has 2 heterocycles. The maximum atomic E-state index is 5.87. The summed E-state index contributed by atoms with van der Waals surface area (Å²) in [5.41, 5.74) is 0.634. The molecule has 1 unspecified atom stereocenters. The molecule has 76 valence electrons. The van der Waals surface area contributed by atoms with Gasteiger partial charge in [-0.3, -0.25) is 0 Å². The van der Waals surface area contributed by atoms with Crippen LogP contribution in [0.1, 0.15) is 25.7 Å². The predicted octanol–water partition coefficient (Wildman–Crippen LogP) is 2.13. The van der Waals surface area contributed by atoms with E-state index >= 15 is 0 Å². The second-order valence-electron chi connectivity index (χ2n) is 4.50. The van der Waals surface area contributed by atoms with Crippen LogP contribution in [0, 0.1) is 0 Å². The summed E-state index contributed by atoms with van der Waals surface area (Å²) in [6, 6.07) is 2.90. The van der Waals surface area contributed by atoms with Crippen molar-refractivity contribution in [2.24, 2.45) is 0 Å². The van der Waals surface area contributed by atoms with Crippen LogP contribution in [0.4, 0.5) is 0 Å². The molecule has 0 aromatic carbocycles. The minimum Gasteiger partial charge on any atom is -0.388 e. The van der Waals surface area contributed by atoms with Gasteiger partial charge in [0.1, 0.15) is 8.07 Å². The maximum absolute atomic E-state index is 5.87. The largest absolute Gasteiger partial charge is 0.388 e. The summed E-state index contributed by atoms with van der Waals surface area (Å²) in [5.74, 6) is 0. The zero-order chi connectivity index (χ0) is 9.15. The van der Waals surface area contributed by atoms with Gasteiger partial charge in [0.25, 0.3) is 0 Å². The van der Waals surface area contributed by atoms with Crippen molar-refractivity contribution in [3.05, 3.63) is 0 Å². The first-order chi connectivity index (χ1) is 6.37. The Balaban J connectivity index is 2.02. The quantitative estimate of drug-likeness (QED) is 0.650. The molecule has 2 rings (SSSR count). The molecule has 0 aliphatic carbocycles. The third-order valence-electron chi connectivity index (χ3n) is 3.64. The summed E-state index contributed by atoms with van der Waals surface area (Å²) in [6.45, 7) is 1.00. The van der Waals surface area contributed by atoms with Crippen LogP contribution in [0.2, 0.25) is 12.1 Å². The van der Waals surface area contributed by atoms with Crippen molar-refractivity contribution in [1.29, 1.82) is 0 Å². The summed E-state index contributed by atoms with van der Waals surface area (Å²) < 4.78 is 11.3. The number of hydrogen-bond acceptors (Lipinski definition) is 2. The standard InChI is InChI=1S/C10H20O2Si/c1-11-9-13(7-2-3-8-13)10-5-4-6-12-10/h10H,2-9H2,1H3. The van der Waals surface area contributed by atoms with Gasteiger partial charge < -0.3 is 9.47 Å². The van der Waals surface area contributed by atoms with Crippen LogP contribution in [-0.4, -0.2) is 33.7 Å².